The number of para-hydroxylation sites is 2. The average Bonchev–Trinajstić information content (AvgIpc) is 2.92. The number of carbonyl (C=O) groups excluding carboxylic acids is 1. The molecule has 2 aliphatic rings. The molecule has 3 aromatic carbocycles. The third-order valence-electron chi connectivity index (χ3n) is 6.63. The van der Waals surface area contributed by atoms with Crippen molar-refractivity contribution in [2.45, 2.75) is 5.92 Å². The van der Waals surface area contributed by atoms with Gasteiger partial charge in [0.15, 0.2) is 5.82 Å². The van der Waals surface area contributed by atoms with Crippen LogP contribution in [-0.2, 0) is 4.79 Å². The average molecular weight is 467 g/mol. The Morgan fingerprint density at radius 3 is 2.00 bits per heavy atom. The molecule has 0 N–H and O–H groups in total. The first-order valence-electron chi connectivity index (χ1n) is 11.7. The van der Waals surface area contributed by atoms with Crippen LogP contribution in [0.4, 0.5) is 10.2 Å². The molecule has 0 bridgehead atoms. The van der Waals surface area contributed by atoms with Gasteiger partial charge in [-0.05, 0) is 48.5 Å². The Bertz CT molecular complexity index is 1320. The van der Waals surface area contributed by atoms with Gasteiger partial charge in [-0.15, -0.1) is 10.2 Å². The van der Waals surface area contributed by atoms with Crippen molar-refractivity contribution in [2.24, 2.45) is 0 Å². The van der Waals surface area contributed by atoms with Crippen LogP contribution in [-0.4, -0.2) is 47.2 Å². The lowest BCUT2D eigenvalue weighted by atomic mass is 9.86. The zero-order valence-corrected chi connectivity index (χ0v) is 19.0. The highest BCUT2D eigenvalue weighted by atomic mass is 19.1. The van der Waals surface area contributed by atoms with Crippen molar-refractivity contribution >= 4 is 11.7 Å². The lowest BCUT2D eigenvalue weighted by Crippen LogP contribution is -2.50. The highest BCUT2D eigenvalue weighted by Crippen LogP contribution is 2.44. The molecule has 1 aromatic heterocycles. The topological polar surface area (TPSA) is 58.6 Å². The van der Waals surface area contributed by atoms with Gasteiger partial charge in [0.25, 0.3) is 0 Å². The number of piperazine rings is 1. The van der Waals surface area contributed by atoms with Crippen LogP contribution in [0.15, 0.2) is 84.9 Å². The van der Waals surface area contributed by atoms with Crippen molar-refractivity contribution in [1.29, 1.82) is 0 Å². The van der Waals surface area contributed by atoms with Crippen molar-refractivity contribution < 1.29 is 13.9 Å². The molecule has 1 amide bonds. The lowest BCUT2D eigenvalue weighted by molar-refractivity contribution is -0.132. The molecule has 1 saturated heterocycles. The van der Waals surface area contributed by atoms with Crippen LogP contribution in [0, 0.1) is 5.82 Å². The molecule has 4 aromatic rings. The van der Waals surface area contributed by atoms with E-state index in [1.165, 1.54) is 12.1 Å². The van der Waals surface area contributed by atoms with Crippen molar-refractivity contribution in [3.05, 3.63) is 102 Å². The summed E-state index contributed by atoms with van der Waals surface area (Å²) >= 11 is 0. The fourth-order valence-electron chi connectivity index (χ4n) is 4.78. The zero-order chi connectivity index (χ0) is 23.8. The minimum absolute atomic E-state index is 0.0885. The highest BCUT2D eigenvalue weighted by Gasteiger charge is 2.36. The van der Waals surface area contributed by atoms with Crippen LogP contribution in [0.2, 0.25) is 0 Å². The first-order valence-corrected chi connectivity index (χ1v) is 11.7. The van der Waals surface area contributed by atoms with E-state index in [9.17, 15) is 9.18 Å². The van der Waals surface area contributed by atoms with E-state index in [4.69, 9.17) is 4.74 Å². The number of aromatic nitrogens is 2. The third kappa shape index (κ3) is 3.99. The largest absolute Gasteiger partial charge is 0.457 e. The van der Waals surface area contributed by atoms with Crippen molar-refractivity contribution in [1.82, 2.24) is 15.1 Å². The van der Waals surface area contributed by atoms with Gasteiger partial charge in [-0.3, -0.25) is 4.79 Å². The number of anilines is 1. The number of carbonyl (C=O) groups is 1. The van der Waals surface area contributed by atoms with E-state index in [0.717, 1.165) is 34.0 Å². The summed E-state index contributed by atoms with van der Waals surface area (Å²) in [6.45, 7) is 2.54. The number of ether oxygens (including phenoxy) is 1. The van der Waals surface area contributed by atoms with Crippen molar-refractivity contribution in [3.8, 4) is 22.8 Å². The van der Waals surface area contributed by atoms with Crippen molar-refractivity contribution in [3.63, 3.8) is 0 Å². The summed E-state index contributed by atoms with van der Waals surface area (Å²) in [6.07, 6.45) is 0. The third-order valence-corrected chi connectivity index (χ3v) is 6.63. The maximum atomic E-state index is 13.7. The van der Waals surface area contributed by atoms with Gasteiger partial charge >= 0.3 is 0 Å². The smallest absolute Gasteiger partial charge is 0.234 e. The molecule has 0 radical (unpaired) electrons. The summed E-state index contributed by atoms with van der Waals surface area (Å²) in [7, 11) is 0. The molecule has 2 aliphatic heterocycles. The summed E-state index contributed by atoms with van der Waals surface area (Å²) < 4.78 is 19.2. The normalized spacial score (nSPS) is 15.2. The van der Waals surface area contributed by atoms with Gasteiger partial charge < -0.3 is 14.5 Å². The highest BCUT2D eigenvalue weighted by molar-refractivity contribution is 5.90. The second-order valence-electron chi connectivity index (χ2n) is 8.71. The number of rotatable bonds is 3. The summed E-state index contributed by atoms with van der Waals surface area (Å²) in [4.78, 5) is 17.8. The van der Waals surface area contributed by atoms with Crippen LogP contribution >= 0.6 is 0 Å². The Hall–Kier alpha value is -4.26. The molecule has 0 saturated carbocycles. The number of fused-ring (bicyclic) bond motifs is 2. The van der Waals surface area contributed by atoms with Gasteiger partial charge in [-0.2, -0.15) is 0 Å². The van der Waals surface area contributed by atoms with E-state index >= 15 is 0 Å². The van der Waals surface area contributed by atoms with Crippen LogP contribution in [0.25, 0.3) is 11.3 Å². The molecule has 0 unspecified atom stereocenters. The van der Waals surface area contributed by atoms with E-state index in [1.54, 1.807) is 12.1 Å². The molecule has 7 heteroatoms. The lowest BCUT2D eigenvalue weighted by Gasteiger charge is -2.38. The standard InChI is InChI=1S/C28H23FN4O2/c29-20-11-9-19(10-12-20)23-13-14-26(31-30-23)32-15-17-33(18-16-32)28(34)27-21-5-1-3-7-24(21)35-25-8-4-2-6-22(25)27/h1-14,27H,15-18H2. The van der Waals surface area contributed by atoms with Gasteiger partial charge in [0.2, 0.25) is 5.91 Å². The second-order valence-corrected chi connectivity index (χ2v) is 8.71. The van der Waals surface area contributed by atoms with E-state index < -0.39 is 0 Å². The minimum atomic E-state index is -0.377. The van der Waals surface area contributed by atoms with E-state index in [1.807, 2.05) is 65.6 Å². The molecular formula is C28H23FN4O2. The van der Waals surface area contributed by atoms with E-state index in [2.05, 4.69) is 15.1 Å². The number of hydrogen-bond acceptors (Lipinski definition) is 5. The van der Waals surface area contributed by atoms with E-state index in [-0.39, 0.29) is 17.6 Å². The second kappa shape index (κ2) is 8.83. The van der Waals surface area contributed by atoms with Gasteiger partial charge in [0.1, 0.15) is 17.3 Å². The molecule has 1 fully saturated rings. The zero-order valence-electron chi connectivity index (χ0n) is 19.0. The first kappa shape index (κ1) is 21.3. The fourth-order valence-corrected chi connectivity index (χ4v) is 4.78. The van der Waals surface area contributed by atoms with Gasteiger partial charge in [0.05, 0.1) is 11.6 Å². The van der Waals surface area contributed by atoms with Crippen molar-refractivity contribution in [2.75, 3.05) is 31.1 Å². The molecule has 6 rings (SSSR count). The van der Waals surface area contributed by atoms with Crippen LogP contribution in [0.1, 0.15) is 17.0 Å². The van der Waals surface area contributed by atoms with Crippen LogP contribution < -0.4 is 9.64 Å². The summed E-state index contributed by atoms with van der Waals surface area (Å²) in [5, 5.41) is 8.71. The molecule has 174 valence electrons. The summed E-state index contributed by atoms with van der Waals surface area (Å²) in [5.74, 6) is 1.67. The predicted molar refractivity (Wildman–Crippen MR) is 131 cm³/mol. The molecule has 35 heavy (non-hydrogen) atoms. The molecule has 0 spiro atoms. The van der Waals surface area contributed by atoms with Crippen LogP contribution in [0.5, 0.6) is 11.5 Å². The molecule has 0 aliphatic carbocycles. The number of halogens is 1. The Morgan fingerprint density at radius 2 is 1.40 bits per heavy atom. The summed E-state index contributed by atoms with van der Waals surface area (Å²) in [5.41, 5.74) is 3.32. The maximum absolute atomic E-state index is 13.7. The van der Waals surface area contributed by atoms with Gasteiger partial charge in [-0.1, -0.05) is 36.4 Å². The number of amides is 1. The van der Waals surface area contributed by atoms with Gasteiger partial charge in [0, 0.05) is 42.9 Å². The fraction of sp³-hybridized carbons (Fsp3) is 0.179. The quantitative estimate of drug-likeness (QED) is 0.431. The monoisotopic (exact) mass is 466 g/mol. The molecule has 3 heterocycles. The molecule has 0 atom stereocenters. The van der Waals surface area contributed by atoms with E-state index in [0.29, 0.717) is 31.9 Å². The minimum Gasteiger partial charge on any atom is -0.457 e. The number of benzene rings is 3. The predicted octanol–water partition coefficient (Wildman–Crippen LogP) is 4.87. The molecule has 6 nitrogen and oxygen atoms in total. The molecular weight excluding hydrogens is 443 g/mol. The summed E-state index contributed by atoms with van der Waals surface area (Å²) in [6, 6.07) is 25.5. The van der Waals surface area contributed by atoms with Gasteiger partial charge in [-0.25, -0.2) is 4.39 Å². The number of nitrogens with zero attached hydrogens (tertiary/aromatic N) is 4. The Morgan fingerprint density at radius 1 is 0.771 bits per heavy atom. The Balaban J connectivity index is 1.17. The number of hydrogen-bond donors (Lipinski definition) is 0. The first-order chi connectivity index (χ1) is 17.2. The Labute approximate surface area is 202 Å². The Kier molecular flexibility index (Phi) is 5.37. The SMILES string of the molecule is O=C(C1c2ccccc2Oc2ccccc21)N1CCN(c2ccc(-c3ccc(F)cc3)nn2)CC1. The maximum Gasteiger partial charge on any atom is 0.234 e. The van der Waals surface area contributed by atoms with Crippen LogP contribution in [0.3, 0.4) is 0 Å².